The van der Waals surface area contributed by atoms with Crippen molar-refractivity contribution in [2.24, 2.45) is 11.8 Å². The zero-order valence-corrected chi connectivity index (χ0v) is 12.1. The molecule has 0 aromatic rings. The van der Waals surface area contributed by atoms with E-state index in [1.54, 1.807) is 0 Å². The van der Waals surface area contributed by atoms with Crippen LogP contribution in [0.4, 0.5) is 0 Å². The van der Waals surface area contributed by atoms with E-state index in [1.807, 2.05) is 11.8 Å². The molecule has 0 spiro atoms. The summed E-state index contributed by atoms with van der Waals surface area (Å²) in [6.07, 6.45) is 6.13. The Morgan fingerprint density at radius 1 is 1.16 bits per heavy atom. The van der Waals surface area contributed by atoms with E-state index in [4.69, 9.17) is 9.84 Å². The molecule has 2 bridgehead atoms. The van der Waals surface area contributed by atoms with Gasteiger partial charge in [0.05, 0.1) is 12.2 Å². The van der Waals surface area contributed by atoms with Gasteiger partial charge in [-0.1, -0.05) is 0 Å². The number of carboxylic acids is 1. The van der Waals surface area contributed by atoms with Crippen molar-refractivity contribution in [3.05, 3.63) is 0 Å². The Morgan fingerprint density at radius 3 is 2.58 bits per heavy atom. The Hall–Kier alpha value is -0.260. The van der Waals surface area contributed by atoms with Crippen LogP contribution in [0.25, 0.3) is 0 Å². The van der Waals surface area contributed by atoms with Crippen molar-refractivity contribution < 1.29 is 19.7 Å². The quantitative estimate of drug-likeness (QED) is 0.636. The van der Waals surface area contributed by atoms with Crippen molar-refractivity contribution in [1.29, 1.82) is 0 Å². The average molecular weight is 288 g/mol. The first-order valence-corrected chi connectivity index (χ1v) is 8.43. The fourth-order valence-corrected chi connectivity index (χ4v) is 4.38. The van der Waals surface area contributed by atoms with Gasteiger partial charge < -0.3 is 14.9 Å². The van der Waals surface area contributed by atoms with E-state index in [9.17, 15) is 9.90 Å². The van der Waals surface area contributed by atoms with Crippen LogP contribution in [0, 0.1) is 11.8 Å². The molecule has 2 aliphatic heterocycles. The number of hydrogen-bond donors (Lipinski definition) is 2. The molecular formula is C14H24O4S. The number of rotatable bonds is 9. The Balaban J connectivity index is 1.55. The van der Waals surface area contributed by atoms with Gasteiger partial charge in [-0.3, -0.25) is 4.79 Å². The Bertz CT molecular complexity index is 297. The van der Waals surface area contributed by atoms with Crippen LogP contribution in [0.5, 0.6) is 0 Å². The normalized spacial score (nSPS) is 32.9. The number of ether oxygens (including phenoxy) is 1. The number of unbranched alkanes of at least 4 members (excludes halogenated alkanes) is 1. The third kappa shape index (κ3) is 4.10. The van der Waals surface area contributed by atoms with E-state index < -0.39 is 5.97 Å². The van der Waals surface area contributed by atoms with Crippen molar-refractivity contribution in [1.82, 2.24) is 0 Å². The number of fused-ring (bicyclic) bond motifs is 2. The summed E-state index contributed by atoms with van der Waals surface area (Å²) in [4.78, 5) is 10.4. The van der Waals surface area contributed by atoms with E-state index in [-0.39, 0.29) is 13.0 Å². The lowest BCUT2D eigenvalue weighted by Crippen LogP contribution is -2.30. The third-order valence-corrected chi connectivity index (χ3v) is 5.43. The molecule has 2 N–H and O–H groups in total. The molecule has 0 aromatic heterocycles. The van der Waals surface area contributed by atoms with Crippen LogP contribution in [-0.2, 0) is 9.53 Å². The summed E-state index contributed by atoms with van der Waals surface area (Å²) < 4.78 is 5.88. The smallest absolute Gasteiger partial charge is 0.303 e. The highest BCUT2D eigenvalue weighted by Gasteiger charge is 2.47. The first-order valence-electron chi connectivity index (χ1n) is 7.28. The minimum absolute atomic E-state index is 0.259. The van der Waals surface area contributed by atoms with E-state index in [0.717, 1.165) is 43.6 Å². The molecule has 4 unspecified atom stereocenters. The van der Waals surface area contributed by atoms with Gasteiger partial charge in [0, 0.05) is 18.9 Å². The van der Waals surface area contributed by atoms with Crippen LogP contribution in [0.3, 0.4) is 0 Å². The molecule has 2 fully saturated rings. The number of carbonyl (C=O) groups is 1. The van der Waals surface area contributed by atoms with Crippen molar-refractivity contribution in [2.75, 3.05) is 18.1 Å². The minimum atomic E-state index is -0.699. The van der Waals surface area contributed by atoms with Gasteiger partial charge >= 0.3 is 5.97 Å². The highest BCUT2D eigenvalue weighted by molar-refractivity contribution is 7.99. The maximum absolute atomic E-state index is 10.4. The van der Waals surface area contributed by atoms with Crippen molar-refractivity contribution in [3.63, 3.8) is 0 Å². The predicted octanol–water partition coefficient (Wildman–Crippen LogP) is 2.15. The lowest BCUT2D eigenvalue weighted by atomic mass is 9.78. The second-order valence-corrected chi connectivity index (χ2v) is 6.78. The van der Waals surface area contributed by atoms with E-state index >= 15 is 0 Å². The molecule has 2 aliphatic rings. The molecule has 110 valence electrons. The SMILES string of the molecule is O=C(O)CCCCSCCC1C2CCC(O2)C1CO. The molecule has 0 aliphatic carbocycles. The fourth-order valence-electron chi connectivity index (χ4n) is 3.33. The Morgan fingerprint density at radius 2 is 1.89 bits per heavy atom. The van der Waals surface area contributed by atoms with Crippen molar-refractivity contribution in [2.45, 2.75) is 50.7 Å². The van der Waals surface area contributed by atoms with Gasteiger partial charge in [0.15, 0.2) is 0 Å². The second-order valence-electron chi connectivity index (χ2n) is 5.55. The molecule has 19 heavy (non-hydrogen) atoms. The number of aliphatic hydroxyl groups excluding tert-OH is 1. The van der Waals surface area contributed by atoms with E-state index in [0.29, 0.717) is 24.0 Å². The zero-order chi connectivity index (χ0) is 13.7. The van der Waals surface area contributed by atoms with Gasteiger partial charge in [-0.25, -0.2) is 0 Å². The van der Waals surface area contributed by atoms with Gasteiger partial charge in [-0.05, 0) is 49.5 Å². The van der Waals surface area contributed by atoms with Crippen LogP contribution in [0.1, 0.15) is 38.5 Å². The Kier molecular flexibility index (Phi) is 5.98. The molecule has 2 heterocycles. The van der Waals surface area contributed by atoms with Gasteiger partial charge in [0.1, 0.15) is 0 Å². The Labute approximate surface area is 118 Å². The lowest BCUT2D eigenvalue weighted by Gasteiger charge is -2.26. The standard InChI is InChI=1S/C14H24O4S/c15-9-11-10(12-4-5-13(11)18-12)6-8-19-7-2-1-3-14(16)17/h10-13,15H,1-9H2,(H,16,17). The van der Waals surface area contributed by atoms with Crippen LogP contribution in [0.2, 0.25) is 0 Å². The molecule has 4 atom stereocenters. The van der Waals surface area contributed by atoms with Crippen LogP contribution < -0.4 is 0 Å². The molecule has 0 amide bonds. The summed E-state index contributed by atoms with van der Waals surface area (Å²) in [5.41, 5.74) is 0. The third-order valence-electron chi connectivity index (χ3n) is 4.33. The van der Waals surface area contributed by atoms with Crippen molar-refractivity contribution in [3.8, 4) is 0 Å². The molecule has 5 heteroatoms. The minimum Gasteiger partial charge on any atom is -0.481 e. The lowest BCUT2D eigenvalue weighted by molar-refractivity contribution is -0.137. The summed E-state index contributed by atoms with van der Waals surface area (Å²) in [5.74, 6) is 2.33. The molecule has 2 saturated heterocycles. The summed E-state index contributed by atoms with van der Waals surface area (Å²) in [6.45, 7) is 0.259. The maximum Gasteiger partial charge on any atom is 0.303 e. The number of carboxylic acid groups (broad SMARTS) is 1. The largest absolute Gasteiger partial charge is 0.481 e. The fraction of sp³-hybridized carbons (Fsp3) is 0.929. The van der Waals surface area contributed by atoms with Gasteiger partial charge in [0.2, 0.25) is 0 Å². The highest BCUT2D eigenvalue weighted by Crippen LogP contribution is 2.45. The molecule has 0 saturated carbocycles. The molecule has 2 rings (SSSR count). The predicted molar refractivity (Wildman–Crippen MR) is 75.4 cm³/mol. The van der Waals surface area contributed by atoms with Gasteiger partial charge in [0.25, 0.3) is 0 Å². The number of thioether (sulfide) groups is 1. The number of aliphatic hydroxyl groups is 1. The van der Waals surface area contributed by atoms with Crippen molar-refractivity contribution >= 4 is 17.7 Å². The summed E-state index contributed by atoms with van der Waals surface area (Å²) in [5, 5.41) is 18.0. The van der Waals surface area contributed by atoms with Crippen LogP contribution >= 0.6 is 11.8 Å². The first-order chi connectivity index (χ1) is 9.22. The maximum atomic E-state index is 10.4. The van der Waals surface area contributed by atoms with Gasteiger partial charge in [-0.15, -0.1) is 0 Å². The number of aliphatic carboxylic acids is 1. The summed E-state index contributed by atoms with van der Waals surface area (Å²) in [6, 6.07) is 0. The molecule has 0 aromatic carbocycles. The van der Waals surface area contributed by atoms with Crippen LogP contribution in [0.15, 0.2) is 0 Å². The summed E-state index contributed by atoms with van der Waals surface area (Å²) >= 11 is 1.90. The zero-order valence-electron chi connectivity index (χ0n) is 11.3. The van der Waals surface area contributed by atoms with E-state index in [1.165, 1.54) is 0 Å². The number of hydrogen-bond acceptors (Lipinski definition) is 4. The average Bonchev–Trinajstić information content (AvgIpc) is 2.97. The van der Waals surface area contributed by atoms with Crippen LogP contribution in [-0.4, -0.2) is 46.5 Å². The molecule has 4 nitrogen and oxygen atoms in total. The second kappa shape index (κ2) is 7.50. The van der Waals surface area contributed by atoms with Gasteiger partial charge in [-0.2, -0.15) is 11.8 Å². The van der Waals surface area contributed by atoms with E-state index in [2.05, 4.69) is 0 Å². The highest BCUT2D eigenvalue weighted by atomic mass is 32.2. The molecular weight excluding hydrogens is 264 g/mol. The topological polar surface area (TPSA) is 66.8 Å². The first kappa shape index (κ1) is 15.1. The monoisotopic (exact) mass is 288 g/mol. The molecule has 0 radical (unpaired) electrons. The summed E-state index contributed by atoms with van der Waals surface area (Å²) in [7, 11) is 0.